The Labute approximate surface area is 303 Å². The number of anilines is 2. The fraction of sp³-hybridized carbons (Fsp3) is 0.158. The van der Waals surface area contributed by atoms with Crippen LogP contribution in [-0.4, -0.2) is 46.7 Å². The van der Waals surface area contributed by atoms with Gasteiger partial charge in [-0.2, -0.15) is 0 Å². The van der Waals surface area contributed by atoms with Gasteiger partial charge in [-0.3, -0.25) is 9.59 Å². The highest BCUT2D eigenvalue weighted by atomic mass is 19.4. The van der Waals surface area contributed by atoms with Crippen LogP contribution in [0.15, 0.2) is 84.9 Å². The number of alkyl halides is 6. The van der Waals surface area contributed by atoms with Gasteiger partial charge in [0.15, 0.2) is 0 Å². The van der Waals surface area contributed by atoms with Gasteiger partial charge in [-0.25, -0.2) is 9.59 Å². The molecule has 0 heterocycles. The van der Waals surface area contributed by atoms with Gasteiger partial charge < -0.3 is 30.3 Å². The van der Waals surface area contributed by atoms with Crippen molar-refractivity contribution in [1.82, 2.24) is 0 Å². The van der Waals surface area contributed by atoms with Crippen LogP contribution in [0.25, 0.3) is 0 Å². The molecule has 0 saturated carbocycles. The molecule has 16 heteroatoms. The van der Waals surface area contributed by atoms with E-state index >= 15 is 0 Å². The second kappa shape index (κ2) is 18.5. The Balaban J connectivity index is 0.000000290. The molecule has 0 aliphatic carbocycles. The van der Waals surface area contributed by atoms with E-state index in [4.69, 9.17) is 0 Å². The first-order chi connectivity index (χ1) is 25.4. The largest absolute Gasteiger partial charge is 0.573 e. The number of hydrogen-bond acceptors (Lipinski definition) is 6. The van der Waals surface area contributed by atoms with Crippen molar-refractivity contribution in [3.63, 3.8) is 0 Å². The number of amides is 2. The number of carbonyl (C=O) groups excluding carboxylic acids is 2. The predicted molar refractivity (Wildman–Crippen MR) is 183 cm³/mol. The van der Waals surface area contributed by atoms with Gasteiger partial charge in [0.2, 0.25) is 11.8 Å². The number of hydrogen-bond donors (Lipinski definition) is 4. The van der Waals surface area contributed by atoms with Crippen LogP contribution in [0.4, 0.5) is 37.7 Å². The molecule has 4 aromatic rings. The number of nitrogens with one attached hydrogen (secondary N) is 2. The SMILES string of the molecule is CCC(=O)Nc1ccc(C#Cc2cccc(OC(F)(F)F)c2)cc1C(=O)O.CCC(=O)Nc1ccc(C#Cc2ccccc2OC(F)(F)F)cc1C(=O)O. The molecule has 54 heavy (non-hydrogen) atoms. The van der Waals surface area contributed by atoms with Crippen LogP contribution in [0.1, 0.15) is 69.7 Å². The maximum atomic E-state index is 12.4. The lowest BCUT2D eigenvalue weighted by atomic mass is 10.1. The van der Waals surface area contributed by atoms with Gasteiger partial charge in [0.05, 0.1) is 28.1 Å². The zero-order chi connectivity index (χ0) is 40.1. The molecular weight excluding hydrogens is 726 g/mol. The van der Waals surface area contributed by atoms with E-state index in [1.807, 2.05) is 0 Å². The van der Waals surface area contributed by atoms with E-state index in [-0.39, 0.29) is 63.8 Å². The highest BCUT2D eigenvalue weighted by molar-refractivity contribution is 6.01. The van der Waals surface area contributed by atoms with Gasteiger partial charge in [-0.1, -0.05) is 55.7 Å². The number of carboxylic acids is 2. The monoisotopic (exact) mass is 754 g/mol. The molecule has 280 valence electrons. The predicted octanol–water partition coefficient (Wildman–Crippen LogP) is 8.06. The third kappa shape index (κ3) is 13.6. The molecule has 0 aromatic heterocycles. The Morgan fingerprint density at radius 3 is 1.52 bits per heavy atom. The van der Waals surface area contributed by atoms with Crippen LogP contribution in [0, 0.1) is 23.7 Å². The summed E-state index contributed by atoms with van der Waals surface area (Å²) >= 11 is 0. The molecule has 0 atom stereocenters. The van der Waals surface area contributed by atoms with E-state index < -0.39 is 36.2 Å². The van der Waals surface area contributed by atoms with E-state index in [1.54, 1.807) is 13.8 Å². The average molecular weight is 755 g/mol. The summed E-state index contributed by atoms with van der Waals surface area (Å²) < 4.78 is 81.8. The standard InChI is InChI=1S/2C19H14F3NO4/c1-2-17(24)23-16-9-8-13(11-15(16)18(25)26)7-6-12-4-3-5-14(10-12)27-19(20,21)22;1-2-17(24)23-15-10-8-12(11-14(15)18(25)26)7-9-13-5-3-4-6-16(13)27-19(20,21)22/h3-5,8-11H,2H2,1H3,(H,23,24)(H,25,26);3-6,8,10-11H,2H2,1H3,(H,23,24)(H,25,26). The Kier molecular flexibility index (Phi) is 14.2. The molecule has 2 amide bonds. The number of carboxylic acid groups (broad SMARTS) is 2. The van der Waals surface area contributed by atoms with E-state index in [9.17, 15) is 55.7 Å². The molecule has 4 aromatic carbocycles. The normalized spacial score (nSPS) is 10.5. The minimum atomic E-state index is -4.85. The minimum Gasteiger partial charge on any atom is -0.478 e. The van der Waals surface area contributed by atoms with Crippen molar-refractivity contribution >= 4 is 35.1 Å². The summed E-state index contributed by atoms with van der Waals surface area (Å²) in [7, 11) is 0. The summed E-state index contributed by atoms with van der Waals surface area (Å²) in [4.78, 5) is 45.7. The molecule has 4 rings (SSSR count). The third-order valence-electron chi connectivity index (χ3n) is 6.56. The van der Waals surface area contributed by atoms with Crippen molar-refractivity contribution in [2.75, 3.05) is 10.6 Å². The topological polar surface area (TPSA) is 151 Å². The summed E-state index contributed by atoms with van der Waals surface area (Å²) in [5.41, 5.74) is 0.766. The highest BCUT2D eigenvalue weighted by Crippen LogP contribution is 2.26. The number of ether oxygens (including phenoxy) is 2. The number of carbonyl (C=O) groups is 4. The molecule has 0 aliphatic rings. The Morgan fingerprint density at radius 1 is 0.593 bits per heavy atom. The van der Waals surface area contributed by atoms with Gasteiger partial charge in [0, 0.05) is 29.5 Å². The average Bonchev–Trinajstić information content (AvgIpc) is 3.10. The fourth-order valence-corrected chi connectivity index (χ4v) is 4.13. The zero-order valence-corrected chi connectivity index (χ0v) is 28.1. The Hall–Kier alpha value is -6.94. The summed E-state index contributed by atoms with van der Waals surface area (Å²) in [6.45, 7) is 3.25. The van der Waals surface area contributed by atoms with Crippen molar-refractivity contribution in [3.05, 3.63) is 118 Å². The number of halogens is 6. The molecule has 0 radical (unpaired) electrons. The Morgan fingerprint density at radius 2 is 1.06 bits per heavy atom. The lowest BCUT2D eigenvalue weighted by molar-refractivity contribution is -0.275. The van der Waals surface area contributed by atoms with Crippen LogP contribution in [0.3, 0.4) is 0 Å². The maximum Gasteiger partial charge on any atom is 0.573 e. The smallest absolute Gasteiger partial charge is 0.478 e. The number of para-hydroxylation sites is 1. The van der Waals surface area contributed by atoms with Crippen LogP contribution >= 0.6 is 0 Å². The maximum absolute atomic E-state index is 12.4. The molecule has 0 fully saturated rings. The zero-order valence-electron chi connectivity index (χ0n) is 28.1. The fourth-order valence-electron chi connectivity index (χ4n) is 4.13. The first-order valence-corrected chi connectivity index (χ1v) is 15.5. The molecule has 10 nitrogen and oxygen atoms in total. The van der Waals surface area contributed by atoms with Crippen molar-refractivity contribution in [2.24, 2.45) is 0 Å². The lowest BCUT2D eigenvalue weighted by Crippen LogP contribution is -2.17. The minimum absolute atomic E-state index is 0.00457. The van der Waals surface area contributed by atoms with E-state index in [0.717, 1.165) is 18.2 Å². The summed E-state index contributed by atoms with van der Waals surface area (Å²) in [5.74, 6) is 6.40. The van der Waals surface area contributed by atoms with Crippen LogP contribution in [-0.2, 0) is 9.59 Å². The quantitative estimate of drug-likeness (QED) is 0.104. The number of benzene rings is 4. The van der Waals surface area contributed by atoms with Gasteiger partial charge in [-0.05, 0) is 66.7 Å². The number of aromatic carboxylic acids is 2. The molecule has 4 N–H and O–H groups in total. The second-order valence-corrected chi connectivity index (χ2v) is 10.6. The van der Waals surface area contributed by atoms with Gasteiger partial charge >= 0.3 is 24.7 Å². The first-order valence-electron chi connectivity index (χ1n) is 15.5. The molecular formula is C38H28F6N2O8. The first kappa shape index (κ1) is 41.5. The number of rotatable bonds is 8. The molecule has 0 unspecified atom stereocenters. The van der Waals surface area contributed by atoms with Crippen LogP contribution in [0.5, 0.6) is 11.5 Å². The van der Waals surface area contributed by atoms with Gasteiger partial charge in [-0.15, -0.1) is 26.3 Å². The lowest BCUT2D eigenvalue weighted by Gasteiger charge is -2.10. The summed E-state index contributed by atoms with van der Waals surface area (Å²) in [6, 6.07) is 18.7. The molecule has 0 aliphatic heterocycles. The third-order valence-corrected chi connectivity index (χ3v) is 6.56. The molecule has 0 saturated heterocycles. The van der Waals surface area contributed by atoms with Crippen LogP contribution < -0.4 is 20.1 Å². The van der Waals surface area contributed by atoms with Crippen molar-refractivity contribution in [2.45, 2.75) is 39.4 Å². The van der Waals surface area contributed by atoms with Crippen molar-refractivity contribution in [1.29, 1.82) is 0 Å². The summed E-state index contributed by atoms with van der Waals surface area (Å²) in [5, 5.41) is 23.5. The Bertz CT molecular complexity index is 2160. The second-order valence-electron chi connectivity index (χ2n) is 10.6. The summed E-state index contributed by atoms with van der Waals surface area (Å²) in [6.07, 6.45) is -9.29. The molecule has 0 bridgehead atoms. The molecule has 0 spiro atoms. The highest BCUT2D eigenvalue weighted by Gasteiger charge is 2.32. The van der Waals surface area contributed by atoms with Crippen LogP contribution in [0.2, 0.25) is 0 Å². The van der Waals surface area contributed by atoms with Crippen molar-refractivity contribution in [3.8, 4) is 35.2 Å². The van der Waals surface area contributed by atoms with E-state index in [2.05, 4.69) is 43.8 Å². The van der Waals surface area contributed by atoms with Gasteiger partial charge in [0.25, 0.3) is 0 Å². The van der Waals surface area contributed by atoms with Gasteiger partial charge in [0.1, 0.15) is 11.5 Å². The van der Waals surface area contributed by atoms with E-state index in [1.165, 1.54) is 66.7 Å². The van der Waals surface area contributed by atoms with Crippen molar-refractivity contribution < 1.29 is 65.2 Å². The van der Waals surface area contributed by atoms with E-state index in [0.29, 0.717) is 5.56 Å².